The lowest BCUT2D eigenvalue weighted by Gasteiger charge is -2.20. The normalized spacial score (nSPS) is 17.6. The molecular formula is C23H26N2O4. The quantitative estimate of drug-likeness (QED) is 0.635. The van der Waals surface area contributed by atoms with Gasteiger partial charge in [0.1, 0.15) is 0 Å². The number of carbonyl (C=O) groups excluding carboxylic acids is 1. The molecule has 2 aliphatic heterocycles. The van der Waals surface area contributed by atoms with Crippen molar-refractivity contribution in [3.8, 4) is 11.5 Å². The Morgan fingerprint density at radius 2 is 2.00 bits per heavy atom. The first-order valence-corrected chi connectivity index (χ1v) is 10.1. The molecule has 1 saturated heterocycles. The van der Waals surface area contributed by atoms with E-state index in [0.717, 1.165) is 31.4 Å². The number of hydrogen-bond donors (Lipinski definition) is 0. The van der Waals surface area contributed by atoms with Gasteiger partial charge in [-0.2, -0.15) is 0 Å². The van der Waals surface area contributed by atoms with Crippen molar-refractivity contribution >= 4 is 17.8 Å². The molecule has 0 aromatic heterocycles. The molecule has 2 aromatic rings. The summed E-state index contributed by atoms with van der Waals surface area (Å²) in [5.41, 5.74) is 2.37. The predicted molar refractivity (Wildman–Crippen MR) is 111 cm³/mol. The Kier molecular flexibility index (Phi) is 6.10. The summed E-state index contributed by atoms with van der Waals surface area (Å²) in [5, 5.41) is 0. The van der Waals surface area contributed by atoms with Crippen molar-refractivity contribution in [2.75, 3.05) is 26.9 Å². The third-order valence-electron chi connectivity index (χ3n) is 5.26. The molecule has 6 nitrogen and oxygen atoms in total. The Balaban J connectivity index is 1.36. The molecule has 0 unspecified atom stereocenters. The highest BCUT2D eigenvalue weighted by Crippen LogP contribution is 2.38. The van der Waals surface area contributed by atoms with Crippen LogP contribution in [0, 0.1) is 0 Å². The van der Waals surface area contributed by atoms with Crippen molar-refractivity contribution in [3.63, 3.8) is 0 Å². The fraction of sp³-hybridized carbons (Fsp3) is 0.391. The van der Waals surface area contributed by atoms with Crippen LogP contribution in [0.2, 0.25) is 0 Å². The van der Waals surface area contributed by atoms with Gasteiger partial charge < -0.3 is 19.1 Å². The van der Waals surface area contributed by atoms with E-state index in [9.17, 15) is 4.79 Å². The smallest absolute Gasteiger partial charge is 0.256 e. The molecule has 0 N–H and O–H groups in total. The summed E-state index contributed by atoms with van der Waals surface area (Å²) in [4.78, 5) is 19.3. The maximum Gasteiger partial charge on any atom is 0.256 e. The topological polar surface area (TPSA) is 60.4 Å². The molecular weight excluding hydrogens is 368 g/mol. The number of fused-ring (bicyclic) bond motifs is 2. The number of rotatable bonds is 8. The van der Waals surface area contributed by atoms with Crippen molar-refractivity contribution in [2.45, 2.75) is 31.9 Å². The molecule has 0 aliphatic carbocycles. The average molecular weight is 394 g/mol. The van der Waals surface area contributed by atoms with Crippen LogP contribution in [0.25, 0.3) is 0 Å². The SMILES string of the molecule is COc1cc2c(cc1OCCCOCc1ccccc1)N=C[C@@H]1CCCN1C2=O. The molecule has 1 amide bonds. The molecule has 152 valence electrons. The molecule has 0 saturated carbocycles. The molecule has 6 heteroatoms. The first kappa shape index (κ1) is 19.5. The Bertz CT molecular complexity index is 882. The van der Waals surface area contributed by atoms with Gasteiger partial charge in [0, 0.05) is 25.2 Å². The molecule has 4 rings (SSSR count). The van der Waals surface area contributed by atoms with E-state index in [1.807, 2.05) is 41.4 Å². The Labute approximate surface area is 171 Å². The molecule has 1 fully saturated rings. The van der Waals surface area contributed by atoms with Gasteiger partial charge in [-0.05, 0) is 24.5 Å². The lowest BCUT2D eigenvalue weighted by atomic mass is 10.1. The maximum atomic E-state index is 12.9. The summed E-state index contributed by atoms with van der Waals surface area (Å²) in [6.45, 7) is 2.47. The highest BCUT2D eigenvalue weighted by atomic mass is 16.5. The molecule has 0 radical (unpaired) electrons. The monoisotopic (exact) mass is 394 g/mol. The second-order valence-electron chi connectivity index (χ2n) is 7.25. The van der Waals surface area contributed by atoms with Gasteiger partial charge in [0.15, 0.2) is 11.5 Å². The number of aliphatic imine (C=N–C) groups is 1. The molecule has 0 spiro atoms. The number of ether oxygens (including phenoxy) is 3. The van der Waals surface area contributed by atoms with Gasteiger partial charge in [-0.1, -0.05) is 30.3 Å². The summed E-state index contributed by atoms with van der Waals surface area (Å²) < 4.78 is 17.1. The second-order valence-corrected chi connectivity index (χ2v) is 7.25. The van der Waals surface area contributed by atoms with E-state index in [-0.39, 0.29) is 11.9 Å². The fourth-order valence-corrected chi connectivity index (χ4v) is 3.73. The molecule has 2 aliphatic rings. The summed E-state index contributed by atoms with van der Waals surface area (Å²) in [6.07, 6.45) is 4.62. The highest BCUT2D eigenvalue weighted by Gasteiger charge is 2.32. The number of benzene rings is 2. The van der Waals surface area contributed by atoms with Gasteiger partial charge in [-0.25, -0.2) is 0 Å². The van der Waals surface area contributed by atoms with Gasteiger partial charge >= 0.3 is 0 Å². The zero-order valence-corrected chi connectivity index (χ0v) is 16.7. The number of hydrogen-bond acceptors (Lipinski definition) is 5. The van der Waals surface area contributed by atoms with Crippen LogP contribution in [0.3, 0.4) is 0 Å². The van der Waals surface area contributed by atoms with Gasteiger partial charge in [0.2, 0.25) is 0 Å². The van der Waals surface area contributed by atoms with Crippen LogP contribution < -0.4 is 9.47 Å². The van der Waals surface area contributed by atoms with Gasteiger partial charge in [0.05, 0.1) is 44.2 Å². The van der Waals surface area contributed by atoms with Crippen LogP contribution in [0.5, 0.6) is 11.5 Å². The predicted octanol–water partition coefficient (Wildman–Crippen LogP) is 4.00. The average Bonchev–Trinajstić information content (AvgIpc) is 3.19. The van der Waals surface area contributed by atoms with E-state index in [1.165, 1.54) is 0 Å². The summed E-state index contributed by atoms with van der Waals surface area (Å²) >= 11 is 0. The second kappa shape index (κ2) is 9.09. The largest absolute Gasteiger partial charge is 0.493 e. The van der Waals surface area contributed by atoms with Crippen LogP contribution >= 0.6 is 0 Å². The van der Waals surface area contributed by atoms with Crippen molar-refractivity contribution in [1.29, 1.82) is 0 Å². The number of nitrogens with zero attached hydrogens (tertiary/aromatic N) is 2. The van der Waals surface area contributed by atoms with E-state index in [1.54, 1.807) is 19.2 Å². The first-order valence-electron chi connectivity index (χ1n) is 10.1. The summed E-state index contributed by atoms with van der Waals surface area (Å²) in [5.74, 6) is 1.16. The minimum absolute atomic E-state index is 0.0131. The van der Waals surface area contributed by atoms with E-state index >= 15 is 0 Å². The third kappa shape index (κ3) is 4.43. The van der Waals surface area contributed by atoms with E-state index in [2.05, 4.69) is 4.99 Å². The van der Waals surface area contributed by atoms with Crippen molar-refractivity contribution in [2.24, 2.45) is 4.99 Å². The van der Waals surface area contributed by atoms with Crippen LogP contribution in [0.4, 0.5) is 5.69 Å². The standard InChI is InChI=1S/C23H26N2O4/c1-27-21-13-19-20(24-15-18-9-5-10-25(18)23(19)26)14-22(21)29-12-6-11-28-16-17-7-3-2-4-8-17/h2-4,7-8,13-15,18H,5-6,9-12,16H2,1H3/t18-/m0/s1. The summed E-state index contributed by atoms with van der Waals surface area (Å²) in [6, 6.07) is 13.7. The molecule has 2 heterocycles. The number of amides is 1. The highest BCUT2D eigenvalue weighted by molar-refractivity contribution is 6.03. The van der Waals surface area contributed by atoms with E-state index in [0.29, 0.717) is 42.6 Å². The lowest BCUT2D eigenvalue weighted by molar-refractivity contribution is 0.0774. The Morgan fingerprint density at radius 1 is 1.14 bits per heavy atom. The number of carbonyl (C=O) groups is 1. The number of methoxy groups -OCH3 is 1. The van der Waals surface area contributed by atoms with Gasteiger partial charge in [-0.15, -0.1) is 0 Å². The minimum Gasteiger partial charge on any atom is -0.493 e. The van der Waals surface area contributed by atoms with Crippen LogP contribution in [0.1, 0.15) is 35.2 Å². The fourth-order valence-electron chi connectivity index (χ4n) is 3.73. The maximum absolute atomic E-state index is 12.9. The lowest BCUT2D eigenvalue weighted by Crippen LogP contribution is -2.35. The van der Waals surface area contributed by atoms with Gasteiger partial charge in [-0.3, -0.25) is 9.79 Å². The third-order valence-corrected chi connectivity index (χ3v) is 5.26. The Morgan fingerprint density at radius 3 is 2.83 bits per heavy atom. The summed E-state index contributed by atoms with van der Waals surface area (Å²) in [7, 11) is 1.58. The Hall–Kier alpha value is -2.86. The van der Waals surface area contributed by atoms with E-state index < -0.39 is 0 Å². The van der Waals surface area contributed by atoms with Crippen LogP contribution in [-0.4, -0.2) is 49.9 Å². The zero-order chi connectivity index (χ0) is 20.1. The molecule has 1 atom stereocenters. The molecule has 29 heavy (non-hydrogen) atoms. The first-order chi connectivity index (χ1) is 14.3. The zero-order valence-electron chi connectivity index (χ0n) is 16.7. The minimum atomic E-state index is 0.0131. The van der Waals surface area contributed by atoms with Crippen molar-refractivity contribution < 1.29 is 19.0 Å². The van der Waals surface area contributed by atoms with Crippen LogP contribution in [0.15, 0.2) is 47.5 Å². The van der Waals surface area contributed by atoms with Crippen LogP contribution in [-0.2, 0) is 11.3 Å². The van der Waals surface area contributed by atoms with E-state index in [4.69, 9.17) is 14.2 Å². The van der Waals surface area contributed by atoms with Crippen molar-refractivity contribution in [3.05, 3.63) is 53.6 Å². The van der Waals surface area contributed by atoms with Crippen molar-refractivity contribution in [1.82, 2.24) is 4.90 Å². The van der Waals surface area contributed by atoms with Gasteiger partial charge in [0.25, 0.3) is 5.91 Å². The molecule has 2 aromatic carbocycles. The molecule has 0 bridgehead atoms.